The van der Waals surface area contributed by atoms with E-state index in [9.17, 15) is 4.79 Å². The van der Waals surface area contributed by atoms with E-state index < -0.39 is 0 Å². The summed E-state index contributed by atoms with van der Waals surface area (Å²) in [6, 6.07) is 15.4. The lowest BCUT2D eigenvalue weighted by molar-refractivity contribution is 0.0945. The molecule has 0 atom stereocenters. The highest BCUT2D eigenvalue weighted by molar-refractivity contribution is 5.92. The zero-order valence-corrected chi connectivity index (χ0v) is 13.9. The quantitative estimate of drug-likeness (QED) is 0.725. The molecule has 6 nitrogen and oxygen atoms in total. The summed E-state index contributed by atoms with van der Waals surface area (Å²) in [6.45, 7) is 3.12. The highest BCUT2D eigenvalue weighted by Gasteiger charge is 2.08. The largest absolute Gasteiger partial charge is 0.365 e. The Labute approximate surface area is 146 Å². The molecule has 25 heavy (non-hydrogen) atoms. The van der Waals surface area contributed by atoms with Crippen molar-refractivity contribution in [1.29, 1.82) is 0 Å². The van der Waals surface area contributed by atoms with Gasteiger partial charge in [-0.1, -0.05) is 35.9 Å². The number of amides is 1. The van der Waals surface area contributed by atoms with Crippen molar-refractivity contribution in [2.45, 2.75) is 20.0 Å². The van der Waals surface area contributed by atoms with Gasteiger partial charge in [-0.2, -0.15) is 0 Å². The van der Waals surface area contributed by atoms with Gasteiger partial charge in [0.05, 0.1) is 0 Å². The number of carbonyl (C=O) groups excluding carboxylic acids is 1. The minimum absolute atomic E-state index is 0.263. The van der Waals surface area contributed by atoms with E-state index >= 15 is 0 Å². The number of rotatable bonds is 6. The lowest BCUT2D eigenvalue weighted by Gasteiger charge is -2.07. The van der Waals surface area contributed by atoms with E-state index in [-0.39, 0.29) is 11.6 Å². The number of hydrogen-bond acceptors (Lipinski definition) is 5. The second-order valence-corrected chi connectivity index (χ2v) is 5.69. The number of anilines is 1. The van der Waals surface area contributed by atoms with Crippen LogP contribution in [0.3, 0.4) is 0 Å². The van der Waals surface area contributed by atoms with Gasteiger partial charge in [-0.25, -0.2) is 0 Å². The summed E-state index contributed by atoms with van der Waals surface area (Å²) in [7, 11) is 0. The molecule has 0 spiro atoms. The van der Waals surface area contributed by atoms with E-state index in [1.165, 1.54) is 5.56 Å². The molecule has 2 aromatic heterocycles. The first-order valence-corrected chi connectivity index (χ1v) is 8.01. The lowest BCUT2D eigenvalue weighted by Crippen LogP contribution is -2.24. The number of pyridine rings is 1. The van der Waals surface area contributed by atoms with Gasteiger partial charge in [0.2, 0.25) is 0 Å². The van der Waals surface area contributed by atoms with Crippen molar-refractivity contribution in [2.75, 3.05) is 5.32 Å². The smallest absolute Gasteiger partial charge is 0.272 e. The SMILES string of the molecule is Cc1ccc(CNc2ccc(C(=O)NCc3cccnc3)nn2)cc1. The van der Waals surface area contributed by atoms with Gasteiger partial charge in [0.25, 0.3) is 5.91 Å². The zero-order valence-electron chi connectivity index (χ0n) is 13.9. The van der Waals surface area contributed by atoms with Crippen molar-refractivity contribution in [3.8, 4) is 0 Å². The molecule has 0 bridgehead atoms. The van der Waals surface area contributed by atoms with Crippen molar-refractivity contribution < 1.29 is 4.79 Å². The molecule has 3 rings (SSSR count). The second kappa shape index (κ2) is 8.01. The topological polar surface area (TPSA) is 79.8 Å². The maximum Gasteiger partial charge on any atom is 0.272 e. The second-order valence-electron chi connectivity index (χ2n) is 5.69. The van der Waals surface area contributed by atoms with Gasteiger partial charge in [-0.3, -0.25) is 9.78 Å². The molecule has 0 aliphatic heterocycles. The standard InChI is InChI=1S/C19H19N5O/c1-14-4-6-15(7-5-14)12-21-18-9-8-17(23-24-18)19(25)22-13-16-3-2-10-20-11-16/h2-11H,12-13H2,1H3,(H,21,24)(H,22,25). The number of aromatic nitrogens is 3. The minimum atomic E-state index is -0.263. The van der Waals surface area contributed by atoms with Gasteiger partial charge in [-0.15, -0.1) is 10.2 Å². The van der Waals surface area contributed by atoms with Gasteiger partial charge in [0, 0.05) is 25.5 Å². The average Bonchev–Trinajstić information content (AvgIpc) is 2.67. The monoisotopic (exact) mass is 333 g/mol. The molecule has 0 saturated carbocycles. The van der Waals surface area contributed by atoms with Crippen LogP contribution in [0.4, 0.5) is 5.82 Å². The van der Waals surface area contributed by atoms with E-state index in [0.29, 0.717) is 18.9 Å². The Kier molecular flexibility index (Phi) is 5.31. The number of nitrogens with one attached hydrogen (secondary N) is 2. The molecule has 1 amide bonds. The van der Waals surface area contributed by atoms with Crippen molar-refractivity contribution in [3.63, 3.8) is 0 Å². The number of hydrogen-bond donors (Lipinski definition) is 2. The Morgan fingerprint density at radius 3 is 2.48 bits per heavy atom. The van der Waals surface area contributed by atoms with Crippen LogP contribution < -0.4 is 10.6 Å². The van der Waals surface area contributed by atoms with Crippen molar-refractivity contribution >= 4 is 11.7 Å². The summed E-state index contributed by atoms with van der Waals surface area (Å²) in [6.07, 6.45) is 3.41. The molecule has 3 aromatic rings. The molecule has 0 radical (unpaired) electrons. The van der Waals surface area contributed by atoms with Gasteiger partial charge < -0.3 is 10.6 Å². The fraction of sp³-hybridized carbons (Fsp3) is 0.158. The van der Waals surface area contributed by atoms with Crippen LogP contribution in [0.2, 0.25) is 0 Å². The third-order valence-corrected chi connectivity index (χ3v) is 3.67. The Bertz CT molecular complexity index is 817. The molecular formula is C19H19N5O. The van der Waals surface area contributed by atoms with E-state index in [0.717, 1.165) is 11.1 Å². The Morgan fingerprint density at radius 2 is 1.80 bits per heavy atom. The van der Waals surface area contributed by atoms with Crippen LogP contribution in [0, 0.1) is 6.92 Å². The fourth-order valence-corrected chi connectivity index (χ4v) is 2.22. The summed E-state index contributed by atoms with van der Waals surface area (Å²) in [5.74, 6) is 0.367. The molecule has 0 aliphatic carbocycles. The van der Waals surface area contributed by atoms with Crippen molar-refractivity contribution in [1.82, 2.24) is 20.5 Å². The average molecular weight is 333 g/mol. The van der Waals surface area contributed by atoms with Crippen LogP contribution in [-0.4, -0.2) is 21.1 Å². The highest BCUT2D eigenvalue weighted by atomic mass is 16.1. The summed E-state index contributed by atoms with van der Waals surface area (Å²) >= 11 is 0. The van der Waals surface area contributed by atoms with E-state index in [1.54, 1.807) is 24.5 Å². The molecule has 6 heteroatoms. The van der Waals surface area contributed by atoms with Crippen LogP contribution in [0.15, 0.2) is 60.9 Å². The molecule has 0 fully saturated rings. The normalized spacial score (nSPS) is 10.3. The fourth-order valence-electron chi connectivity index (χ4n) is 2.22. The Hall–Kier alpha value is -3.28. The van der Waals surface area contributed by atoms with Crippen molar-refractivity contribution in [3.05, 3.63) is 83.3 Å². The van der Waals surface area contributed by atoms with Crippen LogP contribution in [0.1, 0.15) is 27.2 Å². The van der Waals surface area contributed by atoms with Gasteiger partial charge in [0.15, 0.2) is 5.69 Å². The van der Waals surface area contributed by atoms with Crippen LogP contribution in [0.5, 0.6) is 0 Å². The number of carbonyl (C=O) groups is 1. The summed E-state index contributed by atoms with van der Waals surface area (Å²) in [5, 5.41) is 14.0. The van der Waals surface area contributed by atoms with E-state index in [2.05, 4.69) is 57.0 Å². The number of benzene rings is 1. The van der Waals surface area contributed by atoms with Crippen molar-refractivity contribution in [2.24, 2.45) is 0 Å². The molecule has 0 aliphatic rings. The summed E-state index contributed by atoms with van der Waals surface area (Å²) in [5.41, 5.74) is 3.60. The maximum atomic E-state index is 12.1. The van der Waals surface area contributed by atoms with Gasteiger partial charge in [0.1, 0.15) is 5.82 Å². The highest BCUT2D eigenvalue weighted by Crippen LogP contribution is 2.07. The Balaban J connectivity index is 1.52. The minimum Gasteiger partial charge on any atom is -0.365 e. The molecule has 0 saturated heterocycles. The predicted molar refractivity (Wildman–Crippen MR) is 95.9 cm³/mol. The van der Waals surface area contributed by atoms with E-state index in [1.807, 2.05) is 12.1 Å². The first-order chi connectivity index (χ1) is 12.2. The molecule has 2 heterocycles. The third-order valence-electron chi connectivity index (χ3n) is 3.67. The van der Waals surface area contributed by atoms with Crippen LogP contribution in [0.25, 0.3) is 0 Å². The predicted octanol–water partition coefficient (Wildman–Crippen LogP) is 2.72. The maximum absolute atomic E-state index is 12.1. The molecule has 126 valence electrons. The summed E-state index contributed by atoms with van der Waals surface area (Å²) < 4.78 is 0. The van der Waals surface area contributed by atoms with Crippen LogP contribution >= 0.6 is 0 Å². The number of aryl methyl sites for hydroxylation is 1. The number of nitrogens with zero attached hydrogens (tertiary/aromatic N) is 3. The lowest BCUT2D eigenvalue weighted by atomic mass is 10.1. The van der Waals surface area contributed by atoms with Crippen LogP contribution in [-0.2, 0) is 13.1 Å². The molecule has 1 aromatic carbocycles. The van der Waals surface area contributed by atoms with Gasteiger partial charge in [-0.05, 0) is 36.2 Å². The summed E-state index contributed by atoms with van der Waals surface area (Å²) in [4.78, 5) is 16.1. The molecule has 0 unspecified atom stereocenters. The van der Waals surface area contributed by atoms with Gasteiger partial charge >= 0.3 is 0 Å². The zero-order chi connectivity index (χ0) is 17.5. The first-order valence-electron chi connectivity index (χ1n) is 8.01. The first kappa shape index (κ1) is 16.6. The molecule has 2 N–H and O–H groups in total. The van der Waals surface area contributed by atoms with E-state index in [4.69, 9.17) is 0 Å². The third kappa shape index (κ3) is 4.84. The Morgan fingerprint density at radius 1 is 0.960 bits per heavy atom. The molecular weight excluding hydrogens is 314 g/mol.